The molecule has 1 unspecified atom stereocenters. The Morgan fingerprint density at radius 3 is 2.65 bits per heavy atom. The van der Waals surface area contributed by atoms with Gasteiger partial charge in [-0.1, -0.05) is 35.9 Å². The largest absolute Gasteiger partial charge is 0.379 e. The summed E-state index contributed by atoms with van der Waals surface area (Å²) in [5.41, 5.74) is 3.21. The van der Waals surface area contributed by atoms with Crippen molar-refractivity contribution in [2.45, 2.75) is 19.9 Å². The molecule has 0 radical (unpaired) electrons. The van der Waals surface area contributed by atoms with E-state index < -0.39 is 0 Å². The zero-order valence-electron chi connectivity index (χ0n) is 15.4. The SMILES string of the molecule is C/C(=C\c1cccs1)C(=O)NCC(c1ccc(C)cc1)N1CCOCC1. The van der Waals surface area contributed by atoms with Gasteiger partial charge in [0, 0.05) is 30.1 Å². The van der Waals surface area contributed by atoms with E-state index in [0.29, 0.717) is 6.54 Å². The number of aryl methyl sites for hydroxylation is 1. The maximum Gasteiger partial charge on any atom is 0.247 e. The van der Waals surface area contributed by atoms with Gasteiger partial charge in [0.25, 0.3) is 0 Å². The molecule has 1 N–H and O–H groups in total. The summed E-state index contributed by atoms with van der Waals surface area (Å²) >= 11 is 1.64. The molecule has 1 amide bonds. The lowest BCUT2D eigenvalue weighted by molar-refractivity contribution is -0.117. The number of carbonyl (C=O) groups excluding carboxylic acids is 1. The van der Waals surface area contributed by atoms with Crippen molar-refractivity contribution in [3.05, 3.63) is 63.4 Å². The van der Waals surface area contributed by atoms with Crippen LogP contribution in [0.2, 0.25) is 0 Å². The van der Waals surface area contributed by atoms with Crippen molar-refractivity contribution in [3.63, 3.8) is 0 Å². The summed E-state index contributed by atoms with van der Waals surface area (Å²) in [7, 11) is 0. The molecule has 1 aromatic heterocycles. The Kier molecular flexibility index (Phi) is 6.61. The summed E-state index contributed by atoms with van der Waals surface area (Å²) in [5, 5.41) is 5.14. The summed E-state index contributed by atoms with van der Waals surface area (Å²) in [5.74, 6) is -0.0104. The molecule has 0 bridgehead atoms. The van der Waals surface area contributed by atoms with Crippen LogP contribution in [0.5, 0.6) is 0 Å². The quantitative estimate of drug-likeness (QED) is 0.789. The normalized spacial score (nSPS) is 17.1. The lowest BCUT2D eigenvalue weighted by Crippen LogP contribution is -2.43. The lowest BCUT2D eigenvalue weighted by Gasteiger charge is -2.35. The first kappa shape index (κ1) is 18.8. The van der Waals surface area contributed by atoms with Crippen molar-refractivity contribution < 1.29 is 9.53 Å². The Bertz CT molecular complexity index is 732. The van der Waals surface area contributed by atoms with Crippen LogP contribution in [0.1, 0.15) is 29.0 Å². The van der Waals surface area contributed by atoms with Crippen LogP contribution in [0.25, 0.3) is 6.08 Å². The Balaban J connectivity index is 1.69. The van der Waals surface area contributed by atoms with Crippen molar-refractivity contribution in [1.29, 1.82) is 0 Å². The molecule has 1 fully saturated rings. The molecule has 0 saturated carbocycles. The third-order valence-electron chi connectivity index (χ3n) is 4.66. The van der Waals surface area contributed by atoms with Crippen LogP contribution in [-0.4, -0.2) is 43.7 Å². The predicted molar refractivity (Wildman–Crippen MR) is 107 cm³/mol. The monoisotopic (exact) mass is 370 g/mol. The number of rotatable bonds is 6. The molecule has 3 rings (SSSR count). The van der Waals surface area contributed by atoms with Crippen LogP contribution >= 0.6 is 11.3 Å². The molecular weight excluding hydrogens is 344 g/mol. The minimum absolute atomic E-state index is 0.0104. The summed E-state index contributed by atoms with van der Waals surface area (Å²) in [4.78, 5) is 16.0. The maximum atomic E-state index is 12.5. The second kappa shape index (κ2) is 9.12. The molecule has 2 aromatic rings. The van der Waals surface area contributed by atoms with E-state index in [1.807, 2.05) is 30.5 Å². The molecule has 2 heterocycles. The van der Waals surface area contributed by atoms with Crippen molar-refractivity contribution in [3.8, 4) is 0 Å². The number of nitrogens with one attached hydrogen (secondary N) is 1. The molecule has 1 aromatic carbocycles. The summed E-state index contributed by atoms with van der Waals surface area (Å²) < 4.78 is 5.49. The molecule has 5 heteroatoms. The first-order valence-corrected chi connectivity index (χ1v) is 9.90. The van der Waals surface area contributed by atoms with Crippen molar-refractivity contribution in [2.24, 2.45) is 0 Å². The minimum atomic E-state index is -0.0104. The van der Waals surface area contributed by atoms with Gasteiger partial charge in [0.2, 0.25) is 5.91 Å². The van der Waals surface area contributed by atoms with Gasteiger partial charge in [-0.3, -0.25) is 9.69 Å². The molecule has 1 saturated heterocycles. The zero-order chi connectivity index (χ0) is 18.4. The van der Waals surface area contributed by atoms with Gasteiger partial charge >= 0.3 is 0 Å². The number of nitrogens with zero attached hydrogens (tertiary/aromatic N) is 1. The molecule has 0 aliphatic carbocycles. The average Bonchev–Trinajstić information content (AvgIpc) is 3.17. The van der Waals surface area contributed by atoms with E-state index in [4.69, 9.17) is 4.74 Å². The van der Waals surface area contributed by atoms with Gasteiger partial charge < -0.3 is 10.1 Å². The Morgan fingerprint density at radius 2 is 2.00 bits per heavy atom. The average molecular weight is 371 g/mol. The first-order chi connectivity index (χ1) is 12.6. The van der Waals surface area contributed by atoms with E-state index in [2.05, 4.69) is 41.4 Å². The third-order valence-corrected chi connectivity index (χ3v) is 5.48. The maximum absolute atomic E-state index is 12.5. The van der Waals surface area contributed by atoms with E-state index in [-0.39, 0.29) is 11.9 Å². The molecule has 1 aliphatic heterocycles. The van der Waals surface area contributed by atoms with Crippen LogP contribution in [0.15, 0.2) is 47.4 Å². The minimum Gasteiger partial charge on any atom is -0.379 e. The van der Waals surface area contributed by atoms with Gasteiger partial charge in [0.15, 0.2) is 0 Å². The lowest BCUT2D eigenvalue weighted by atomic mass is 10.0. The highest BCUT2D eigenvalue weighted by molar-refractivity contribution is 7.10. The second-order valence-corrected chi connectivity index (χ2v) is 7.61. The van der Waals surface area contributed by atoms with Crippen molar-refractivity contribution in [1.82, 2.24) is 10.2 Å². The number of ether oxygens (including phenoxy) is 1. The molecule has 0 spiro atoms. The standard InChI is InChI=1S/C21H26N2O2S/c1-16-5-7-18(8-6-16)20(23-9-11-25-12-10-23)15-22-21(24)17(2)14-19-4-3-13-26-19/h3-8,13-14,20H,9-12,15H2,1-2H3,(H,22,24)/b17-14+. The summed E-state index contributed by atoms with van der Waals surface area (Å²) in [6.07, 6.45) is 1.94. The number of hydrogen-bond acceptors (Lipinski definition) is 4. The first-order valence-electron chi connectivity index (χ1n) is 9.02. The molecular formula is C21H26N2O2S. The van der Waals surface area contributed by atoms with Crippen LogP contribution in [-0.2, 0) is 9.53 Å². The molecule has 1 atom stereocenters. The van der Waals surface area contributed by atoms with E-state index in [0.717, 1.165) is 36.8 Å². The van der Waals surface area contributed by atoms with Crippen molar-refractivity contribution >= 4 is 23.3 Å². The van der Waals surface area contributed by atoms with Gasteiger partial charge in [-0.25, -0.2) is 0 Å². The number of carbonyl (C=O) groups is 1. The van der Waals surface area contributed by atoms with E-state index in [9.17, 15) is 4.79 Å². The fourth-order valence-corrected chi connectivity index (χ4v) is 3.83. The number of morpholine rings is 1. The van der Waals surface area contributed by atoms with Gasteiger partial charge in [-0.05, 0) is 36.9 Å². The summed E-state index contributed by atoms with van der Waals surface area (Å²) in [6, 6.07) is 12.8. The van der Waals surface area contributed by atoms with Gasteiger partial charge in [0.05, 0.1) is 19.3 Å². The van der Waals surface area contributed by atoms with Gasteiger partial charge in [0.1, 0.15) is 0 Å². The fraction of sp³-hybridized carbons (Fsp3) is 0.381. The van der Waals surface area contributed by atoms with E-state index in [1.165, 1.54) is 11.1 Å². The van der Waals surface area contributed by atoms with Crippen LogP contribution in [0.3, 0.4) is 0 Å². The molecule has 1 aliphatic rings. The van der Waals surface area contributed by atoms with Crippen LogP contribution in [0, 0.1) is 6.92 Å². The number of amides is 1. The van der Waals surface area contributed by atoms with E-state index in [1.54, 1.807) is 11.3 Å². The van der Waals surface area contributed by atoms with Crippen LogP contribution in [0.4, 0.5) is 0 Å². The summed E-state index contributed by atoms with van der Waals surface area (Å²) in [6.45, 7) is 7.81. The topological polar surface area (TPSA) is 41.6 Å². The number of thiophene rings is 1. The Morgan fingerprint density at radius 1 is 1.27 bits per heavy atom. The van der Waals surface area contributed by atoms with Crippen LogP contribution < -0.4 is 5.32 Å². The van der Waals surface area contributed by atoms with Gasteiger partial charge in [-0.15, -0.1) is 11.3 Å². The molecule has 138 valence electrons. The highest BCUT2D eigenvalue weighted by Crippen LogP contribution is 2.22. The fourth-order valence-electron chi connectivity index (χ4n) is 3.12. The number of benzene rings is 1. The van der Waals surface area contributed by atoms with Gasteiger partial charge in [-0.2, -0.15) is 0 Å². The third kappa shape index (κ3) is 5.04. The highest BCUT2D eigenvalue weighted by atomic mass is 32.1. The highest BCUT2D eigenvalue weighted by Gasteiger charge is 2.23. The second-order valence-electron chi connectivity index (χ2n) is 6.63. The number of hydrogen-bond donors (Lipinski definition) is 1. The predicted octanol–water partition coefficient (Wildman–Crippen LogP) is 3.65. The molecule has 26 heavy (non-hydrogen) atoms. The smallest absolute Gasteiger partial charge is 0.247 e. The zero-order valence-corrected chi connectivity index (χ0v) is 16.2. The molecule has 4 nitrogen and oxygen atoms in total. The Labute approximate surface area is 159 Å². The van der Waals surface area contributed by atoms with Crippen molar-refractivity contribution in [2.75, 3.05) is 32.8 Å². The van der Waals surface area contributed by atoms with E-state index >= 15 is 0 Å². The Hall–Kier alpha value is -1.95.